The Morgan fingerprint density at radius 1 is 0.949 bits per heavy atom. The monoisotopic (exact) mass is 610 g/mol. The first kappa shape index (κ1) is 27.7. The molecule has 2 aromatic carbocycles. The summed E-state index contributed by atoms with van der Waals surface area (Å²) >= 11 is 9.51. The van der Waals surface area contributed by atoms with E-state index in [0.717, 1.165) is 15.9 Å². The number of allylic oxidation sites excluding steroid dienone is 4. The molecule has 0 saturated carbocycles. The number of nitrogens with one attached hydrogen (secondary N) is 2. The molecule has 0 unspecified atom stereocenters. The third-order valence-corrected chi connectivity index (χ3v) is 8.23. The highest BCUT2D eigenvalue weighted by Gasteiger charge is 2.47. The van der Waals surface area contributed by atoms with Crippen LogP contribution < -0.4 is 15.4 Å². The van der Waals surface area contributed by atoms with E-state index in [4.69, 9.17) is 16.3 Å². The van der Waals surface area contributed by atoms with Crippen LogP contribution in [0.25, 0.3) is 0 Å². The van der Waals surface area contributed by atoms with Gasteiger partial charge in [0.1, 0.15) is 5.75 Å². The second kappa shape index (κ2) is 10.3. The number of carbonyl (C=O) groups excluding carboxylic acids is 3. The Morgan fingerprint density at radius 3 is 2.08 bits per heavy atom. The molecule has 2 aliphatic carbocycles. The molecule has 0 radical (unpaired) electrons. The lowest BCUT2D eigenvalue weighted by molar-refractivity contribution is -0.120. The zero-order valence-electron chi connectivity index (χ0n) is 22.5. The minimum absolute atomic E-state index is 0.0364. The maximum Gasteiger partial charge on any atom is 0.262 e. The lowest BCUT2D eigenvalue weighted by Crippen LogP contribution is -2.42. The van der Waals surface area contributed by atoms with Crippen LogP contribution in [-0.4, -0.2) is 24.1 Å². The number of dihydropyridines is 1. The number of halogens is 2. The quantitative estimate of drug-likeness (QED) is 0.377. The van der Waals surface area contributed by atoms with Crippen molar-refractivity contribution >= 4 is 50.7 Å². The number of anilines is 1. The van der Waals surface area contributed by atoms with E-state index < -0.39 is 5.92 Å². The van der Waals surface area contributed by atoms with Gasteiger partial charge in [-0.05, 0) is 66.1 Å². The van der Waals surface area contributed by atoms with Crippen molar-refractivity contribution in [3.8, 4) is 5.75 Å². The molecule has 2 N–H and O–H groups in total. The van der Waals surface area contributed by atoms with Crippen molar-refractivity contribution in [2.45, 2.75) is 59.3 Å². The van der Waals surface area contributed by atoms with Crippen molar-refractivity contribution in [2.24, 2.45) is 10.8 Å². The van der Waals surface area contributed by atoms with E-state index in [1.807, 2.05) is 12.1 Å². The number of benzene rings is 2. The average molecular weight is 612 g/mol. The van der Waals surface area contributed by atoms with Crippen molar-refractivity contribution in [3.05, 3.63) is 80.1 Å². The van der Waals surface area contributed by atoms with Gasteiger partial charge in [-0.3, -0.25) is 14.4 Å². The van der Waals surface area contributed by atoms with Gasteiger partial charge in [0.15, 0.2) is 18.2 Å². The van der Waals surface area contributed by atoms with Crippen molar-refractivity contribution in [3.63, 3.8) is 0 Å². The van der Waals surface area contributed by atoms with E-state index in [0.29, 0.717) is 58.9 Å². The Morgan fingerprint density at radius 2 is 1.51 bits per heavy atom. The maximum atomic E-state index is 13.7. The Balaban J connectivity index is 1.53. The molecule has 2 aromatic rings. The number of Topliss-reactive ketones (excluding diaryl/α,β-unsaturated/α-hetero) is 2. The predicted octanol–water partition coefficient (Wildman–Crippen LogP) is 7.09. The lowest BCUT2D eigenvalue weighted by atomic mass is 9.64. The third-order valence-electron chi connectivity index (χ3n) is 7.49. The summed E-state index contributed by atoms with van der Waals surface area (Å²) in [5, 5.41) is 6.92. The van der Waals surface area contributed by atoms with Gasteiger partial charge in [-0.25, -0.2) is 0 Å². The van der Waals surface area contributed by atoms with Gasteiger partial charge in [-0.1, -0.05) is 55.2 Å². The molecule has 1 heterocycles. The van der Waals surface area contributed by atoms with Gasteiger partial charge in [0.2, 0.25) is 0 Å². The number of ether oxygens (including phenoxy) is 1. The highest BCUT2D eigenvalue weighted by Crippen LogP contribution is 2.52. The van der Waals surface area contributed by atoms with E-state index in [9.17, 15) is 14.4 Å². The first-order chi connectivity index (χ1) is 18.3. The van der Waals surface area contributed by atoms with Gasteiger partial charge in [0, 0.05) is 62.0 Å². The van der Waals surface area contributed by atoms with E-state index in [1.165, 1.54) is 0 Å². The standard InChI is InChI=1S/C31H32BrClN2O4/c1-30(2)12-21-28(23(36)14-30)27(29-22(35-21)13-31(3,4)15-24(29)37)20-11-17(32)5-10-25(20)39-16-26(38)34-19-8-6-18(33)7-9-19/h5-11,27,35H,12-16H2,1-4H3,(H,34,38). The van der Waals surface area contributed by atoms with Crippen LogP contribution in [0.3, 0.4) is 0 Å². The molecular weight excluding hydrogens is 580 g/mol. The van der Waals surface area contributed by atoms with Crippen LogP contribution in [0.4, 0.5) is 5.69 Å². The van der Waals surface area contributed by atoms with Crippen LogP contribution in [0, 0.1) is 10.8 Å². The average Bonchev–Trinajstić information content (AvgIpc) is 2.82. The number of ketones is 2. The maximum absolute atomic E-state index is 13.7. The lowest BCUT2D eigenvalue weighted by Gasteiger charge is -2.44. The van der Waals surface area contributed by atoms with Crippen molar-refractivity contribution in [1.29, 1.82) is 0 Å². The van der Waals surface area contributed by atoms with Gasteiger partial charge in [-0.15, -0.1) is 0 Å². The van der Waals surface area contributed by atoms with Crippen molar-refractivity contribution in [1.82, 2.24) is 5.32 Å². The fraction of sp³-hybridized carbons (Fsp3) is 0.387. The molecule has 0 saturated heterocycles. The minimum Gasteiger partial charge on any atom is -0.483 e. The zero-order valence-corrected chi connectivity index (χ0v) is 24.9. The molecule has 1 aliphatic heterocycles. The molecule has 39 heavy (non-hydrogen) atoms. The van der Waals surface area contributed by atoms with Crippen LogP contribution in [0.1, 0.15) is 64.9 Å². The van der Waals surface area contributed by atoms with Gasteiger partial charge in [0.05, 0.1) is 0 Å². The number of rotatable bonds is 5. The van der Waals surface area contributed by atoms with E-state index in [1.54, 1.807) is 30.3 Å². The van der Waals surface area contributed by atoms with Gasteiger partial charge >= 0.3 is 0 Å². The largest absolute Gasteiger partial charge is 0.483 e. The first-order valence-electron chi connectivity index (χ1n) is 13.1. The van der Waals surface area contributed by atoms with Crippen LogP contribution in [0.5, 0.6) is 5.75 Å². The van der Waals surface area contributed by atoms with Gasteiger partial charge in [-0.2, -0.15) is 0 Å². The molecule has 0 fully saturated rings. The highest BCUT2D eigenvalue weighted by molar-refractivity contribution is 9.10. The Hall–Kier alpha value is -2.90. The first-order valence-corrected chi connectivity index (χ1v) is 14.3. The Bertz CT molecular complexity index is 1390. The molecule has 0 bridgehead atoms. The minimum atomic E-state index is -0.560. The molecule has 1 amide bonds. The smallest absolute Gasteiger partial charge is 0.262 e. The molecule has 8 heteroatoms. The molecule has 204 valence electrons. The molecule has 3 aliphatic rings. The Labute approximate surface area is 242 Å². The summed E-state index contributed by atoms with van der Waals surface area (Å²) in [6.45, 7) is 8.15. The van der Waals surface area contributed by atoms with E-state index in [-0.39, 0.29) is 34.9 Å². The molecule has 0 aromatic heterocycles. The number of hydrogen-bond donors (Lipinski definition) is 2. The normalized spacial score (nSPS) is 20.3. The van der Waals surface area contributed by atoms with E-state index in [2.05, 4.69) is 54.3 Å². The summed E-state index contributed by atoms with van der Waals surface area (Å²) in [4.78, 5) is 40.0. The fourth-order valence-corrected chi connectivity index (χ4v) is 6.45. The molecule has 5 rings (SSSR count). The van der Waals surface area contributed by atoms with E-state index >= 15 is 0 Å². The van der Waals surface area contributed by atoms with Gasteiger partial charge in [0.25, 0.3) is 5.91 Å². The summed E-state index contributed by atoms with van der Waals surface area (Å²) in [7, 11) is 0. The van der Waals surface area contributed by atoms with Crippen LogP contribution >= 0.6 is 27.5 Å². The van der Waals surface area contributed by atoms with Crippen LogP contribution in [0.15, 0.2) is 69.5 Å². The summed E-state index contributed by atoms with van der Waals surface area (Å²) in [5.41, 5.74) is 3.98. The SMILES string of the molecule is CC1(C)CC(=O)C2=C(C1)NC1=C(C(=O)CC(C)(C)C1)C2c1cc(Br)ccc1OCC(=O)Nc1ccc(Cl)cc1. The van der Waals surface area contributed by atoms with Crippen LogP contribution in [0.2, 0.25) is 5.02 Å². The zero-order chi connectivity index (χ0) is 28.1. The second-order valence-electron chi connectivity index (χ2n) is 12.3. The Kier molecular flexibility index (Phi) is 7.27. The number of carbonyl (C=O) groups is 3. The summed E-state index contributed by atoms with van der Waals surface area (Å²) in [6.07, 6.45) is 2.23. The molecule has 0 atom stereocenters. The highest BCUT2D eigenvalue weighted by atomic mass is 79.9. The second-order valence-corrected chi connectivity index (χ2v) is 13.6. The van der Waals surface area contributed by atoms with Crippen LogP contribution in [-0.2, 0) is 14.4 Å². The third kappa shape index (κ3) is 5.85. The summed E-state index contributed by atoms with van der Waals surface area (Å²) in [6, 6.07) is 12.3. The van der Waals surface area contributed by atoms with Gasteiger partial charge < -0.3 is 15.4 Å². The molecular formula is C31H32BrClN2O4. The number of hydrogen-bond acceptors (Lipinski definition) is 5. The fourth-order valence-electron chi connectivity index (χ4n) is 5.95. The molecule has 6 nitrogen and oxygen atoms in total. The molecule has 0 spiro atoms. The van der Waals surface area contributed by atoms with Crippen molar-refractivity contribution < 1.29 is 19.1 Å². The summed E-state index contributed by atoms with van der Waals surface area (Å²) < 4.78 is 6.86. The topological polar surface area (TPSA) is 84.5 Å². The van der Waals surface area contributed by atoms with Crippen molar-refractivity contribution in [2.75, 3.05) is 11.9 Å². The summed E-state index contributed by atoms with van der Waals surface area (Å²) in [5.74, 6) is -0.355. The predicted molar refractivity (Wildman–Crippen MR) is 156 cm³/mol. The number of amides is 1.